The van der Waals surface area contributed by atoms with E-state index in [-0.39, 0.29) is 40.8 Å². The van der Waals surface area contributed by atoms with Gasteiger partial charge in [0, 0.05) is 28.9 Å². The van der Waals surface area contributed by atoms with Crippen molar-refractivity contribution < 1.29 is 38.9 Å². The Morgan fingerprint density at radius 3 is 2.51 bits per heavy atom. The van der Waals surface area contributed by atoms with Crippen LogP contribution in [-0.2, 0) is 23.1 Å². The van der Waals surface area contributed by atoms with Crippen LogP contribution in [0.15, 0.2) is 41.2 Å². The third-order valence-corrected chi connectivity index (χ3v) is 8.12. The summed E-state index contributed by atoms with van der Waals surface area (Å²) >= 11 is 0. The quantitative estimate of drug-likeness (QED) is 0.200. The molecule has 0 amide bonds. The van der Waals surface area contributed by atoms with E-state index in [1.165, 1.54) is 48.8 Å². The summed E-state index contributed by atoms with van der Waals surface area (Å²) in [6, 6.07) is 9.35. The summed E-state index contributed by atoms with van der Waals surface area (Å²) in [4.78, 5) is 26.8. The molecular weight excluding hydrogens is 525 g/mol. The summed E-state index contributed by atoms with van der Waals surface area (Å²) in [6.45, 7) is 8.41. The molecule has 2 aliphatic carbocycles. The summed E-state index contributed by atoms with van der Waals surface area (Å²) in [7, 11) is 0. The molecule has 4 heterocycles. The summed E-state index contributed by atoms with van der Waals surface area (Å²) in [5.41, 5.74) is 9.35. The van der Waals surface area contributed by atoms with Crippen molar-refractivity contribution in [2.75, 3.05) is 0 Å². The standard InChI is InChI=1S/C24H27N5.C7H7N2O2.Na/c1-15(2)29-16(3)21(14-26-29)23-27-22-20(11-12-25-24(22)28-23)19-10-9-17-7-5-4-6-8-18(17)13-19;1-7(2-3-7)6-8-5(4-10)9-11-6;/h9-15H,4-8H2,1-3H3,(H,25,27,28);2-3H2,1H3;/q;-1;+1. The summed E-state index contributed by atoms with van der Waals surface area (Å²) in [6.07, 6.45) is 13.8. The molecular formula is C31H34N7NaO2. The van der Waals surface area contributed by atoms with Crippen LogP contribution in [0, 0.1) is 6.92 Å². The Bertz CT molecular complexity index is 1680. The predicted octanol–water partition coefficient (Wildman–Crippen LogP) is 3.23. The van der Waals surface area contributed by atoms with Crippen LogP contribution >= 0.6 is 0 Å². The van der Waals surface area contributed by atoms with Gasteiger partial charge in [-0.2, -0.15) is 11.4 Å². The second kappa shape index (κ2) is 12.0. The molecule has 4 aromatic heterocycles. The molecule has 0 atom stereocenters. The third-order valence-electron chi connectivity index (χ3n) is 8.12. The topological polar surface area (TPSA) is 115 Å². The molecule has 0 aliphatic heterocycles. The van der Waals surface area contributed by atoms with E-state index in [4.69, 9.17) is 9.51 Å². The Labute approximate surface area is 261 Å². The summed E-state index contributed by atoms with van der Waals surface area (Å²) < 4.78 is 6.89. The van der Waals surface area contributed by atoms with Crippen molar-refractivity contribution in [1.29, 1.82) is 0 Å². The molecule has 41 heavy (non-hydrogen) atoms. The predicted molar refractivity (Wildman–Crippen MR) is 153 cm³/mol. The second-order valence-electron chi connectivity index (χ2n) is 11.5. The van der Waals surface area contributed by atoms with Crippen LogP contribution in [0.5, 0.6) is 0 Å². The number of rotatable bonds is 5. The molecule has 0 spiro atoms. The number of hydrogen-bond donors (Lipinski definition) is 1. The van der Waals surface area contributed by atoms with E-state index < -0.39 is 0 Å². The molecule has 7 rings (SSSR count). The number of imidazole rings is 1. The van der Waals surface area contributed by atoms with Crippen LogP contribution in [0.25, 0.3) is 33.7 Å². The molecule has 5 aromatic rings. The first-order valence-corrected chi connectivity index (χ1v) is 14.1. The van der Waals surface area contributed by atoms with Gasteiger partial charge in [0.25, 0.3) is 0 Å². The van der Waals surface area contributed by atoms with Gasteiger partial charge in [-0.25, -0.2) is 15.0 Å². The molecule has 0 saturated heterocycles. The van der Waals surface area contributed by atoms with Crippen LogP contribution in [-0.4, -0.2) is 41.2 Å². The zero-order valence-electron chi connectivity index (χ0n) is 24.5. The smallest absolute Gasteiger partial charge is 0.534 e. The van der Waals surface area contributed by atoms with E-state index in [0.717, 1.165) is 46.7 Å². The fourth-order valence-electron chi connectivity index (χ4n) is 5.44. The number of nitrogens with one attached hydrogen (secondary N) is 1. The number of H-pyrrole nitrogens is 1. The number of benzene rings is 1. The number of aromatic nitrogens is 7. The van der Waals surface area contributed by atoms with Gasteiger partial charge in [-0.15, -0.1) is 0 Å². The molecule has 0 radical (unpaired) electrons. The molecule has 10 heteroatoms. The van der Waals surface area contributed by atoms with E-state index in [1.807, 2.05) is 24.0 Å². The first kappa shape index (κ1) is 29.4. The number of hydrogen-bond acceptors (Lipinski definition) is 7. The maximum Gasteiger partial charge on any atom is 1.00 e. The van der Waals surface area contributed by atoms with Gasteiger partial charge in [-0.05, 0) is 82.1 Å². The van der Waals surface area contributed by atoms with E-state index in [2.05, 4.69) is 70.2 Å². The molecule has 1 saturated carbocycles. The minimum Gasteiger partial charge on any atom is -0.534 e. The Balaban J connectivity index is 0.000000236. The molecule has 1 fully saturated rings. The van der Waals surface area contributed by atoms with Crippen LogP contribution in [0.2, 0.25) is 0 Å². The largest absolute Gasteiger partial charge is 1.00 e. The van der Waals surface area contributed by atoms with Crippen molar-refractivity contribution in [2.24, 2.45) is 0 Å². The molecule has 1 N–H and O–H groups in total. The van der Waals surface area contributed by atoms with Crippen LogP contribution in [0.3, 0.4) is 0 Å². The fraction of sp³-hybridized carbons (Fsp3) is 0.419. The second-order valence-corrected chi connectivity index (χ2v) is 11.5. The van der Waals surface area contributed by atoms with Gasteiger partial charge >= 0.3 is 29.6 Å². The van der Waals surface area contributed by atoms with Crippen LogP contribution < -0.4 is 29.6 Å². The van der Waals surface area contributed by atoms with Crippen molar-refractivity contribution >= 4 is 17.5 Å². The third kappa shape index (κ3) is 5.94. The molecule has 206 valence electrons. The number of nitrogens with zero attached hydrogens (tertiary/aromatic N) is 6. The van der Waals surface area contributed by atoms with Gasteiger partial charge in [-0.1, -0.05) is 36.7 Å². The average Bonchev–Trinajstić information content (AvgIpc) is 3.27. The zero-order valence-corrected chi connectivity index (χ0v) is 26.5. The Morgan fingerprint density at radius 1 is 1.05 bits per heavy atom. The van der Waals surface area contributed by atoms with Gasteiger partial charge in [0.15, 0.2) is 5.65 Å². The van der Waals surface area contributed by atoms with Gasteiger partial charge < -0.3 is 14.3 Å². The van der Waals surface area contributed by atoms with E-state index in [0.29, 0.717) is 11.9 Å². The van der Waals surface area contributed by atoms with Crippen molar-refractivity contribution in [3.63, 3.8) is 0 Å². The summed E-state index contributed by atoms with van der Waals surface area (Å²) in [5.74, 6) is 1.42. The monoisotopic (exact) mass is 559 g/mol. The molecule has 0 unspecified atom stereocenters. The average molecular weight is 560 g/mol. The van der Waals surface area contributed by atoms with E-state index in [9.17, 15) is 4.79 Å². The van der Waals surface area contributed by atoms with Crippen molar-refractivity contribution in [2.45, 2.75) is 84.1 Å². The number of pyridine rings is 1. The van der Waals surface area contributed by atoms with Gasteiger partial charge in [0.05, 0.1) is 23.1 Å². The van der Waals surface area contributed by atoms with Crippen molar-refractivity contribution in [3.05, 3.63) is 65.2 Å². The SMILES string of the molecule is CC1(c2nc([C-]=O)no2)CC1.Cc1c(-c2nc3nccc(-c4ccc5c(c4)CCCCC5)c3[nH]2)cnn1C(C)C.[Na+]. The summed E-state index contributed by atoms with van der Waals surface area (Å²) in [5, 5.41) is 7.97. The minimum atomic E-state index is 0. The number of fused-ring (bicyclic) bond motifs is 2. The molecule has 9 nitrogen and oxygen atoms in total. The van der Waals surface area contributed by atoms with Crippen LogP contribution in [0.1, 0.15) is 87.5 Å². The zero-order chi connectivity index (χ0) is 27.9. The van der Waals surface area contributed by atoms with Gasteiger partial charge in [-0.3, -0.25) is 4.68 Å². The number of aryl methyl sites for hydroxylation is 2. The number of carbonyl (C=O) groups excluding carboxylic acids is 1. The van der Waals surface area contributed by atoms with E-state index >= 15 is 0 Å². The van der Waals surface area contributed by atoms with Crippen molar-refractivity contribution in [1.82, 2.24) is 34.9 Å². The number of aromatic amines is 1. The van der Waals surface area contributed by atoms with Gasteiger partial charge in [0.1, 0.15) is 5.82 Å². The van der Waals surface area contributed by atoms with Crippen LogP contribution in [0.4, 0.5) is 0 Å². The van der Waals surface area contributed by atoms with E-state index in [1.54, 1.807) is 6.29 Å². The normalized spacial score (nSPS) is 15.4. The maximum atomic E-state index is 10.1. The first-order chi connectivity index (χ1) is 19.4. The molecule has 2 aliphatic rings. The Morgan fingerprint density at radius 2 is 1.83 bits per heavy atom. The maximum absolute atomic E-state index is 10.1. The molecule has 1 aromatic carbocycles. The van der Waals surface area contributed by atoms with Gasteiger partial charge in [0.2, 0.25) is 5.89 Å². The van der Waals surface area contributed by atoms with Crippen molar-refractivity contribution in [3.8, 4) is 22.5 Å². The minimum absolute atomic E-state index is 0. The first-order valence-electron chi connectivity index (χ1n) is 14.1. The Kier molecular flexibility index (Phi) is 8.59. The Hall–Kier alpha value is -3.14. The molecule has 0 bridgehead atoms. The fourth-order valence-corrected chi connectivity index (χ4v) is 5.44.